The van der Waals surface area contributed by atoms with E-state index in [1.165, 1.54) is 11.1 Å². The van der Waals surface area contributed by atoms with Crippen LogP contribution < -0.4 is 10.1 Å². The van der Waals surface area contributed by atoms with Gasteiger partial charge in [-0.3, -0.25) is 4.98 Å². The van der Waals surface area contributed by atoms with Gasteiger partial charge in [-0.2, -0.15) is 0 Å². The summed E-state index contributed by atoms with van der Waals surface area (Å²) in [6.07, 6.45) is 2.96. The van der Waals surface area contributed by atoms with Gasteiger partial charge in [0.2, 0.25) is 0 Å². The maximum Gasteiger partial charge on any atom is 0.130 e. The average Bonchev–Trinajstić information content (AvgIpc) is 2.52. The summed E-state index contributed by atoms with van der Waals surface area (Å²) in [5.41, 5.74) is 3.46. The molecule has 0 aliphatic heterocycles. The highest BCUT2D eigenvalue weighted by Gasteiger charge is 2.00. The first-order valence-electron chi connectivity index (χ1n) is 7.56. The number of benzene rings is 1. The predicted octanol–water partition coefficient (Wildman–Crippen LogP) is 3.72. The van der Waals surface area contributed by atoms with Gasteiger partial charge in [0.1, 0.15) is 12.4 Å². The summed E-state index contributed by atoms with van der Waals surface area (Å²) in [6, 6.07) is 12.8. The minimum Gasteiger partial charge on any atom is -0.487 e. The van der Waals surface area contributed by atoms with Gasteiger partial charge in [-0.05, 0) is 35.7 Å². The molecule has 1 N–H and O–H groups in total. The number of nitrogens with one attached hydrogen (secondary N) is 1. The Bertz CT molecular complexity index is 532. The molecule has 0 aliphatic rings. The van der Waals surface area contributed by atoms with E-state index in [9.17, 15) is 0 Å². The molecule has 1 heterocycles. The first-order chi connectivity index (χ1) is 10.2. The first-order valence-corrected chi connectivity index (χ1v) is 7.56. The summed E-state index contributed by atoms with van der Waals surface area (Å²) in [5, 5.41) is 3.38. The molecule has 0 radical (unpaired) electrons. The Kier molecular flexibility index (Phi) is 5.76. The van der Waals surface area contributed by atoms with E-state index >= 15 is 0 Å². The molecule has 112 valence electrons. The molecular formula is C18H24N2O. The van der Waals surface area contributed by atoms with Crippen LogP contribution in [0.5, 0.6) is 5.75 Å². The summed E-state index contributed by atoms with van der Waals surface area (Å²) >= 11 is 0. The van der Waals surface area contributed by atoms with Crippen LogP contribution in [0, 0.1) is 0 Å². The topological polar surface area (TPSA) is 34.1 Å². The molecule has 0 atom stereocenters. The summed E-state index contributed by atoms with van der Waals surface area (Å²) < 4.78 is 5.75. The van der Waals surface area contributed by atoms with Crippen molar-refractivity contribution in [3.05, 3.63) is 59.4 Å². The number of hydrogen-bond acceptors (Lipinski definition) is 3. The van der Waals surface area contributed by atoms with Crippen LogP contribution in [-0.2, 0) is 19.6 Å². The third-order valence-electron chi connectivity index (χ3n) is 3.32. The van der Waals surface area contributed by atoms with Gasteiger partial charge >= 0.3 is 0 Å². The molecule has 2 rings (SSSR count). The van der Waals surface area contributed by atoms with Gasteiger partial charge < -0.3 is 10.1 Å². The third kappa shape index (κ3) is 5.20. The highest BCUT2D eigenvalue weighted by molar-refractivity contribution is 5.27. The molecule has 0 spiro atoms. The fourth-order valence-corrected chi connectivity index (χ4v) is 1.95. The lowest BCUT2D eigenvalue weighted by Crippen LogP contribution is -2.21. The van der Waals surface area contributed by atoms with Crippen LogP contribution in [0.25, 0.3) is 0 Å². The quantitative estimate of drug-likeness (QED) is 0.841. The lowest BCUT2D eigenvalue weighted by Gasteiger charge is -2.09. The van der Waals surface area contributed by atoms with Crippen LogP contribution in [0.4, 0.5) is 0 Å². The van der Waals surface area contributed by atoms with E-state index in [0.717, 1.165) is 24.4 Å². The zero-order valence-corrected chi connectivity index (χ0v) is 13.1. The van der Waals surface area contributed by atoms with Gasteiger partial charge in [-0.25, -0.2) is 0 Å². The molecule has 0 amide bonds. The molecule has 1 aromatic carbocycles. The van der Waals surface area contributed by atoms with Crippen LogP contribution in [0.15, 0.2) is 42.6 Å². The van der Waals surface area contributed by atoms with Crippen LogP contribution in [-0.4, -0.2) is 11.0 Å². The van der Waals surface area contributed by atoms with E-state index in [1.807, 2.05) is 24.4 Å². The zero-order chi connectivity index (χ0) is 15.1. The van der Waals surface area contributed by atoms with Crippen LogP contribution >= 0.6 is 0 Å². The second-order valence-electron chi connectivity index (χ2n) is 5.48. The highest BCUT2D eigenvalue weighted by atomic mass is 16.5. The van der Waals surface area contributed by atoms with Crippen molar-refractivity contribution in [3.63, 3.8) is 0 Å². The molecule has 0 fully saturated rings. The maximum absolute atomic E-state index is 5.75. The van der Waals surface area contributed by atoms with Crippen molar-refractivity contribution < 1.29 is 4.74 Å². The van der Waals surface area contributed by atoms with Gasteiger partial charge in [0.15, 0.2) is 0 Å². The molecule has 21 heavy (non-hydrogen) atoms. The molecule has 3 heteroatoms. The largest absolute Gasteiger partial charge is 0.487 e. The van der Waals surface area contributed by atoms with Crippen molar-refractivity contribution in [1.82, 2.24) is 10.3 Å². The Hall–Kier alpha value is -1.87. The van der Waals surface area contributed by atoms with Crippen molar-refractivity contribution in [2.24, 2.45) is 0 Å². The molecule has 0 unspecified atom stereocenters. The van der Waals surface area contributed by atoms with Gasteiger partial charge in [-0.15, -0.1) is 0 Å². The van der Waals surface area contributed by atoms with Crippen molar-refractivity contribution >= 4 is 0 Å². The Labute approximate surface area is 127 Å². The fourth-order valence-electron chi connectivity index (χ4n) is 1.95. The van der Waals surface area contributed by atoms with Crippen LogP contribution in [0.3, 0.4) is 0 Å². The Morgan fingerprint density at radius 1 is 1.05 bits per heavy atom. The molecule has 0 saturated heterocycles. The Morgan fingerprint density at radius 3 is 2.33 bits per heavy atom. The van der Waals surface area contributed by atoms with E-state index in [2.05, 4.69) is 49.3 Å². The molecule has 0 saturated carbocycles. The van der Waals surface area contributed by atoms with Gasteiger partial charge in [0, 0.05) is 18.8 Å². The van der Waals surface area contributed by atoms with E-state index in [-0.39, 0.29) is 0 Å². The van der Waals surface area contributed by atoms with E-state index in [1.54, 1.807) is 0 Å². The van der Waals surface area contributed by atoms with Gasteiger partial charge in [0.25, 0.3) is 0 Å². The molecule has 3 nitrogen and oxygen atoms in total. The highest BCUT2D eigenvalue weighted by Crippen LogP contribution is 2.14. The number of nitrogens with zero attached hydrogens (tertiary/aromatic N) is 1. The smallest absolute Gasteiger partial charge is 0.130 e. The summed E-state index contributed by atoms with van der Waals surface area (Å²) in [5.74, 6) is 0.888. The number of ether oxygens (including phenoxy) is 1. The molecule has 0 bridgehead atoms. The summed E-state index contributed by atoms with van der Waals surface area (Å²) in [7, 11) is 0. The third-order valence-corrected chi connectivity index (χ3v) is 3.32. The fraction of sp³-hybridized carbons (Fsp3) is 0.389. The lowest BCUT2D eigenvalue weighted by atomic mass is 10.2. The van der Waals surface area contributed by atoms with Crippen molar-refractivity contribution in [2.75, 3.05) is 0 Å². The number of pyridine rings is 1. The minimum atomic E-state index is 0.485. The average molecular weight is 284 g/mol. The second kappa shape index (κ2) is 7.79. The van der Waals surface area contributed by atoms with Crippen molar-refractivity contribution in [2.45, 2.75) is 46.4 Å². The number of aromatic nitrogens is 1. The summed E-state index contributed by atoms with van der Waals surface area (Å²) in [6.45, 7) is 7.78. The monoisotopic (exact) mass is 284 g/mol. The zero-order valence-electron chi connectivity index (χ0n) is 13.1. The molecule has 2 aromatic rings. The lowest BCUT2D eigenvalue weighted by molar-refractivity contribution is 0.301. The van der Waals surface area contributed by atoms with Crippen molar-refractivity contribution in [1.29, 1.82) is 0 Å². The summed E-state index contributed by atoms with van der Waals surface area (Å²) in [4.78, 5) is 4.44. The second-order valence-corrected chi connectivity index (χ2v) is 5.48. The predicted molar refractivity (Wildman–Crippen MR) is 86.4 cm³/mol. The van der Waals surface area contributed by atoms with Gasteiger partial charge in [0.05, 0.1) is 5.69 Å². The number of hydrogen-bond donors (Lipinski definition) is 1. The number of aryl methyl sites for hydroxylation is 1. The normalized spacial score (nSPS) is 10.9. The van der Waals surface area contributed by atoms with Gasteiger partial charge in [-0.1, -0.05) is 39.0 Å². The number of rotatable bonds is 7. The standard InChI is InChI=1S/C18H24N2O/c1-4-15-6-9-18(10-7-15)21-13-17-8-5-16(12-20-17)11-19-14(2)3/h5-10,12,14,19H,4,11,13H2,1-3H3. The Balaban J connectivity index is 1.85. The van der Waals surface area contributed by atoms with Crippen LogP contribution in [0.2, 0.25) is 0 Å². The maximum atomic E-state index is 5.75. The van der Waals surface area contributed by atoms with Crippen molar-refractivity contribution in [3.8, 4) is 5.75 Å². The van der Waals surface area contributed by atoms with E-state index in [4.69, 9.17) is 4.74 Å². The Morgan fingerprint density at radius 2 is 1.76 bits per heavy atom. The van der Waals surface area contributed by atoms with E-state index in [0.29, 0.717) is 12.6 Å². The van der Waals surface area contributed by atoms with Crippen LogP contribution in [0.1, 0.15) is 37.6 Å². The van der Waals surface area contributed by atoms with E-state index < -0.39 is 0 Å². The first kappa shape index (κ1) is 15.5. The molecule has 1 aromatic heterocycles. The minimum absolute atomic E-state index is 0.485. The molecular weight excluding hydrogens is 260 g/mol. The SMILES string of the molecule is CCc1ccc(OCc2ccc(CNC(C)C)cn2)cc1. The molecule has 0 aliphatic carbocycles.